The van der Waals surface area contributed by atoms with Crippen molar-refractivity contribution in [1.82, 2.24) is 5.32 Å². The lowest BCUT2D eigenvalue weighted by atomic mass is 10.0. The lowest BCUT2D eigenvalue weighted by Gasteiger charge is -2.29. The van der Waals surface area contributed by atoms with E-state index in [0.717, 1.165) is 25.1 Å². The molecule has 4 rings (SSSR count). The monoisotopic (exact) mass is 422 g/mol. The average molecular weight is 423 g/mol. The van der Waals surface area contributed by atoms with Gasteiger partial charge in [-0.05, 0) is 47.4 Å². The third kappa shape index (κ3) is 5.76. The molecule has 0 saturated heterocycles. The van der Waals surface area contributed by atoms with Crippen LogP contribution in [0.1, 0.15) is 18.1 Å². The van der Waals surface area contributed by atoms with Crippen LogP contribution in [0.15, 0.2) is 103 Å². The summed E-state index contributed by atoms with van der Waals surface area (Å²) in [5.41, 5.74) is 3.44. The van der Waals surface area contributed by atoms with Gasteiger partial charge in [-0.15, -0.1) is 0 Å². The molecule has 0 heterocycles. The molecule has 1 amide bonds. The van der Waals surface area contributed by atoms with Gasteiger partial charge in [-0.2, -0.15) is 0 Å². The van der Waals surface area contributed by atoms with Crippen molar-refractivity contribution in [3.05, 3.63) is 114 Å². The van der Waals surface area contributed by atoms with E-state index in [2.05, 4.69) is 96.0 Å². The van der Waals surface area contributed by atoms with Gasteiger partial charge in [-0.25, -0.2) is 0 Å². The molecule has 0 saturated carbocycles. The van der Waals surface area contributed by atoms with Crippen LogP contribution < -0.4 is 10.2 Å². The number of carbonyl (C=O) groups is 1. The topological polar surface area (TPSA) is 32.3 Å². The number of benzene rings is 4. The number of fused-ring (bicyclic) bond motifs is 1. The second-order valence-corrected chi connectivity index (χ2v) is 8.19. The van der Waals surface area contributed by atoms with Crippen LogP contribution in [0, 0.1) is 0 Å². The van der Waals surface area contributed by atoms with Gasteiger partial charge in [0.25, 0.3) is 0 Å². The van der Waals surface area contributed by atoms with Crippen molar-refractivity contribution < 1.29 is 4.79 Å². The van der Waals surface area contributed by atoms with Crippen molar-refractivity contribution in [1.29, 1.82) is 0 Å². The number of hydrogen-bond acceptors (Lipinski definition) is 2. The van der Waals surface area contributed by atoms with Gasteiger partial charge in [-0.3, -0.25) is 4.79 Å². The fourth-order valence-corrected chi connectivity index (χ4v) is 4.19. The maximum atomic E-state index is 13.0. The first-order valence-corrected chi connectivity index (χ1v) is 11.3. The van der Waals surface area contributed by atoms with Gasteiger partial charge in [0.15, 0.2) is 0 Å². The molecule has 0 fully saturated rings. The van der Waals surface area contributed by atoms with Gasteiger partial charge in [0.1, 0.15) is 0 Å². The van der Waals surface area contributed by atoms with Crippen LogP contribution in [0.4, 0.5) is 5.69 Å². The molecule has 0 unspecified atom stereocenters. The minimum atomic E-state index is 0.0190. The molecule has 162 valence electrons. The van der Waals surface area contributed by atoms with Gasteiger partial charge in [0.05, 0.1) is 12.5 Å². The Kier molecular flexibility index (Phi) is 7.19. The molecule has 3 heteroatoms. The molecule has 1 atom stereocenters. The summed E-state index contributed by atoms with van der Waals surface area (Å²) in [6, 6.07) is 35.3. The highest BCUT2D eigenvalue weighted by molar-refractivity contribution is 5.85. The summed E-state index contributed by atoms with van der Waals surface area (Å²) in [7, 11) is 0. The first-order chi connectivity index (χ1) is 15.7. The Morgan fingerprint density at radius 1 is 0.781 bits per heavy atom. The molecule has 4 aromatic rings. The van der Waals surface area contributed by atoms with Crippen LogP contribution in [-0.4, -0.2) is 25.0 Å². The van der Waals surface area contributed by atoms with E-state index in [0.29, 0.717) is 6.42 Å². The number of amides is 1. The summed E-state index contributed by atoms with van der Waals surface area (Å²) in [4.78, 5) is 15.3. The quantitative estimate of drug-likeness (QED) is 0.379. The van der Waals surface area contributed by atoms with E-state index < -0.39 is 0 Å². The molecule has 0 bridgehead atoms. The molecule has 4 aromatic carbocycles. The lowest BCUT2D eigenvalue weighted by Crippen LogP contribution is -2.45. The van der Waals surface area contributed by atoms with E-state index in [1.54, 1.807) is 0 Å². The van der Waals surface area contributed by atoms with Gasteiger partial charge in [0, 0.05) is 18.8 Å². The summed E-state index contributed by atoms with van der Waals surface area (Å²) in [6.07, 6.45) is 1.18. The number of likely N-dealkylation sites (N-methyl/N-ethyl adjacent to an activating group) is 1. The van der Waals surface area contributed by atoms with Gasteiger partial charge >= 0.3 is 0 Å². The Labute approximate surface area is 190 Å². The summed E-state index contributed by atoms with van der Waals surface area (Å²) in [6.45, 7) is 3.80. The van der Waals surface area contributed by atoms with Crippen molar-refractivity contribution in [2.45, 2.75) is 25.8 Å². The Balaban J connectivity index is 1.48. The predicted molar refractivity (Wildman–Crippen MR) is 134 cm³/mol. The highest BCUT2D eigenvalue weighted by Gasteiger charge is 2.17. The SMILES string of the molecule is CCN(C[C@H](Cc1ccccc1)NC(=O)Cc1ccc2ccccc2c1)c1ccccc1. The van der Waals surface area contributed by atoms with Crippen molar-refractivity contribution in [2.24, 2.45) is 0 Å². The van der Waals surface area contributed by atoms with E-state index in [1.807, 2.05) is 24.3 Å². The Bertz CT molecular complexity index is 1140. The van der Waals surface area contributed by atoms with E-state index in [9.17, 15) is 4.79 Å². The van der Waals surface area contributed by atoms with Crippen LogP contribution in [0.25, 0.3) is 10.8 Å². The van der Waals surface area contributed by atoms with E-state index >= 15 is 0 Å². The zero-order valence-electron chi connectivity index (χ0n) is 18.6. The molecular formula is C29H30N2O. The largest absolute Gasteiger partial charge is 0.370 e. The van der Waals surface area contributed by atoms with Crippen LogP contribution in [0.2, 0.25) is 0 Å². The fraction of sp³-hybridized carbons (Fsp3) is 0.207. The number of nitrogens with one attached hydrogen (secondary N) is 1. The minimum absolute atomic E-state index is 0.0190. The normalized spacial score (nSPS) is 11.8. The van der Waals surface area contributed by atoms with Gasteiger partial charge < -0.3 is 10.2 Å². The number of para-hydroxylation sites is 1. The highest BCUT2D eigenvalue weighted by Crippen LogP contribution is 2.17. The number of nitrogens with zero attached hydrogens (tertiary/aromatic N) is 1. The zero-order valence-corrected chi connectivity index (χ0v) is 18.6. The number of rotatable bonds is 9. The molecule has 1 N–H and O–H groups in total. The summed E-state index contributed by atoms with van der Waals surface area (Å²) >= 11 is 0. The average Bonchev–Trinajstić information content (AvgIpc) is 2.83. The third-order valence-electron chi connectivity index (χ3n) is 5.81. The number of carbonyl (C=O) groups excluding carboxylic acids is 1. The maximum Gasteiger partial charge on any atom is 0.224 e. The lowest BCUT2D eigenvalue weighted by molar-refractivity contribution is -0.121. The minimum Gasteiger partial charge on any atom is -0.370 e. The zero-order chi connectivity index (χ0) is 22.2. The van der Waals surface area contributed by atoms with E-state index in [1.165, 1.54) is 22.0 Å². The molecule has 0 radical (unpaired) electrons. The summed E-state index contributed by atoms with van der Waals surface area (Å²) in [5.74, 6) is 0.0605. The molecule has 0 aliphatic rings. The molecule has 0 aliphatic carbocycles. The molecule has 0 aromatic heterocycles. The maximum absolute atomic E-state index is 13.0. The Hall–Kier alpha value is -3.59. The smallest absolute Gasteiger partial charge is 0.224 e. The molecule has 0 spiro atoms. The summed E-state index contributed by atoms with van der Waals surface area (Å²) < 4.78 is 0. The van der Waals surface area contributed by atoms with Crippen molar-refractivity contribution in [3.8, 4) is 0 Å². The molecular weight excluding hydrogens is 392 g/mol. The van der Waals surface area contributed by atoms with E-state index in [4.69, 9.17) is 0 Å². The third-order valence-corrected chi connectivity index (χ3v) is 5.81. The number of hydrogen-bond donors (Lipinski definition) is 1. The Morgan fingerprint density at radius 3 is 2.16 bits per heavy atom. The fourth-order valence-electron chi connectivity index (χ4n) is 4.19. The van der Waals surface area contributed by atoms with Crippen molar-refractivity contribution >= 4 is 22.4 Å². The first kappa shape index (κ1) is 21.6. The van der Waals surface area contributed by atoms with Crippen LogP contribution >= 0.6 is 0 Å². The number of anilines is 1. The van der Waals surface area contributed by atoms with Crippen molar-refractivity contribution in [2.75, 3.05) is 18.0 Å². The Morgan fingerprint density at radius 2 is 1.44 bits per heavy atom. The highest BCUT2D eigenvalue weighted by atomic mass is 16.1. The van der Waals surface area contributed by atoms with Crippen LogP contribution in [0.5, 0.6) is 0 Å². The second kappa shape index (κ2) is 10.6. The van der Waals surface area contributed by atoms with E-state index in [-0.39, 0.29) is 11.9 Å². The molecule has 3 nitrogen and oxygen atoms in total. The van der Waals surface area contributed by atoms with Crippen LogP contribution in [-0.2, 0) is 17.6 Å². The summed E-state index contributed by atoms with van der Waals surface area (Å²) in [5, 5.41) is 5.68. The molecule has 0 aliphatic heterocycles. The predicted octanol–water partition coefficient (Wildman–Crippen LogP) is 5.64. The first-order valence-electron chi connectivity index (χ1n) is 11.3. The second-order valence-electron chi connectivity index (χ2n) is 8.19. The van der Waals surface area contributed by atoms with Gasteiger partial charge in [-0.1, -0.05) is 91.0 Å². The van der Waals surface area contributed by atoms with Crippen LogP contribution in [0.3, 0.4) is 0 Å². The standard InChI is InChI=1S/C29H30N2O/c1-2-31(28-15-7-4-8-16-28)22-27(20-23-11-5-3-6-12-23)30-29(32)21-24-17-18-25-13-9-10-14-26(25)19-24/h3-19,27H,2,20-22H2,1H3,(H,30,32)/t27-/m0/s1. The molecule has 32 heavy (non-hydrogen) atoms. The van der Waals surface area contributed by atoms with Gasteiger partial charge in [0.2, 0.25) is 5.91 Å². The van der Waals surface area contributed by atoms with Crippen molar-refractivity contribution in [3.63, 3.8) is 0 Å².